The van der Waals surface area contributed by atoms with Crippen LogP contribution in [-0.2, 0) is 0 Å². The summed E-state index contributed by atoms with van der Waals surface area (Å²) >= 11 is 0. The fourth-order valence-corrected chi connectivity index (χ4v) is 3.97. The van der Waals surface area contributed by atoms with E-state index in [1.54, 1.807) is 0 Å². The van der Waals surface area contributed by atoms with Crippen LogP contribution in [0.15, 0.2) is 72.8 Å². The molecule has 130 valence electrons. The Hall–Kier alpha value is -2.60. The standard InChI is InChI=1S/C26H26/c1-2-3-4-5-12-22-19-23(26-17-9-8-16-25(22)26)18-21-14-10-13-20-11-6-7-15-24(20)21/h6-11,13-19H,2-5,12H2,1H3/b23-18+. The molecule has 0 aliphatic heterocycles. The molecule has 4 rings (SSSR count). The Morgan fingerprint density at radius 1 is 0.731 bits per heavy atom. The third-order valence-electron chi connectivity index (χ3n) is 5.35. The maximum Gasteiger partial charge on any atom is -0.0108 e. The first kappa shape index (κ1) is 16.8. The molecule has 0 heterocycles. The van der Waals surface area contributed by atoms with Gasteiger partial charge in [-0.1, -0.05) is 99.0 Å². The average Bonchev–Trinajstić information content (AvgIpc) is 3.03. The van der Waals surface area contributed by atoms with Crippen molar-refractivity contribution >= 4 is 28.0 Å². The van der Waals surface area contributed by atoms with Gasteiger partial charge in [-0.15, -0.1) is 0 Å². The smallest absolute Gasteiger partial charge is 0.0108 e. The molecule has 0 heteroatoms. The van der Waals surface area contributed by atoms with Gasteiger partial charge in [-0.2, -0.15) is 0 Å². The Kier molecular flexibility index (Phi) is 5.02. The summed E-state index contributed by atoms with van der Waals surface area (Å²) in [5.41, 5.74) is 6.96. The summed E-state index contributed by atoms with van der Waals surface area (Å²) in [6.07, 6.45) is 11.2. The van der Waals surface area contributed by atoms with E-state index in [9.17, 15) is 0 Å². The van der Waals surface area contributed by atoms with Crippen LogP contribution in [0.4, 0.5) is 0 Å². The van der Waals surface area contributed by atoms with E-state index in [2.05, 4.69) is 85.8 Å². The van der Waals surface area contributed by atoms with E-state index >= 15 is 0 Å². The minimum Gasteiger partial charge on any atom is -0.0654 e. The first-order valence-corrected chi connectivity index (χ1v) is 9.86. The molecule has 1 aliphatic carbocycles. The van der Waals surface area contributed by atoms with Crippen molar-refractivity contribution in [2.75, 3.05) is 0 Å². The number of fused-ring (bicyclic) bond motifs is 2. The lowest BCUT2D eigenvalue weighted by atomic mass is 9.98. The predicted molar refractivity (Wildman–Crippen MR) is 115 cm³/mol. The molecule has 0 bridgehead atoms. The molecule has 26 heavy (non-hydrogen) atoms. The lowest BCUT2D eigenvalue weighted by Crippen LogP contribution is -1.85. The lowest BCUT2D eigenvalue weighted by molar-refractivity contribution is 0.679. The average molecular weight is 338 g/mol. The molecule has 0 radical (unpaired) electrons. The first-order chi connectivity index (χ1) is 12.9. The van der Waals surface area contributed by atoms with Crippen molar-refractivity contribution in [1.29, 1.82) is 0 Å². The number of hydrogen-bond donors (Lipinski definition) is 0. The number of rotatable bonds is 6. The van der Waals surface area contributed by atoms with Crippen molar-refractivity contribution in [3.8, 4) is 0 Å². The van der Waals surface area contributed by atoms with Crippen LogP contribution in [-0.4, -0.2) is 0 Å². The molecule has 0 fully saturated rings. The molecule has 0 N–H and O–H groups in total. The second-order valence-corrected chi connectivity index (χ2v) is 7.19. The normalized spacial score (nSPS) is 14.7. The van der Waals surface area contributed by atoms with Gasteiger partial charge in [-0.3, -0.25) is 0 Å². The summed E-state index contributed by atoms with van der Waals surface area (Å²) in [6, 6.07) is 24.1. The van der Waals surface area contributed by atoms with Crippen molar-refractivity contribution in [3.63, 3.8) is 0 Å². The van der Waals surface area contributed by atoms with Crippen molar-refractivity contribution in [1.82, 2.24) is 0 Å². The molecule has 0 atom stereocenters. The summed E-state index contributed by atoms with van der Waals surface area (Å²) in [5.74, 6) is 0. The highest BCUT2D eigenvalue weighted by atomic mass is 14.2. The monoisotopic (exact) mass is 338 g/mol. The van der Waals surface area contributed by atoms with Gasteiger partial charge in [-0.25, -0.2) is 0 Å². The van der Waals surface area contributed by atoms with Crippen LogP contribution in [0.5, 0.6) is 0 Å². The van der Waals surface area contributed by atoms with Crippen LogP contribution in [0, 0.1) is 0 Å². The molecule has 0 nitrogen and oxygen atoms in total. The van der Waals surface area contributed by atoms with Crippen LogP contribution in [0.1, 0.15) is 55.7 Å². The molecule has 3 aromatic carbocycles. The molecule has 0 aromatic heterocycles. The summed E-state index contributed by atoms with van der Waals surface area (Å²) in [5, 5.41) is 2.63. The second kappa shape index (κ2) is 7.74. The van der Waals surface area contributed by atoms with E-state index in [0.29, 0.717) is 0 Å². The molecule has 3 aromatic rings. The first-order valence-electron chi connectivity index (χ1n) is 9.86. The Labute approximate surface area is 156 Å². The Bertz CT molecular complexity index is 967. The topological polar surface area (TPSA) is 0 Å². The fraction of sp³-hybridized carbons (Fsp3) is 0.231. The van der Waals surface area contributed by atoms with Gasteiger partial charge in [0.2, 0.25) is 0 Å². The fourth-order valence-electron chi connectivity index (χ4n) is 3.97. The second-order valence-electron chi connectivity index (χ2n) is 7.19. The molecule has 0 amide bonds. The Morgan fingerprint density at radius 3 is 2.38 bits per heavy atom. The van der Waals surface area contributed by atoms with E-state index in [-0.39, 0.29) is 0 Å². The van der Waals surface area contributed by atoms with Crippen LogP contribution >= 0.6 is 0 Å². The number of benzene rings is 3. The zero-order valence-corrected chi connectivity index (χ0v) is 15.5. The van der Waals surface area contributed by atoms with Gasteiger partial charge in [0.15, 0.2) is 0 Å². The van der Waals surface area contributed by atoms with Gasteiger partial charge >= 0.3 is 0 Å². The summed E-state index contributed by atoms with van der Waals surface area (Å²) in [7, 11) is 0. The number of unbranched alkanes of at least 4 members (excludes halogenated alkanes) is 3. The van der Waals surface area contributed by atoms with E-state index in [1.807, 2.05) is 0 Å². The summed E-state index contributed by atoms with van der Waals surface area (Å²) < 4.78 is 0. The Balaban J connectivity index is 1.71. The maximum absolute atomic E-state index is 2.42. The van der Waals surface area contributed by atoms with Crippen LogP contribution in [0.3, 0.4) is 0 Å². The van der Waals surface area contributed by atoms with Gasteiger partial charge in [0.1, 0.15) is 0 Å². The third-order valence-corrected chi connectivity index (χ3v) is 5.35. The molecule has 0 saturated carbocycles. The molecule has 0 spiro atoms. The van der Waals surface area contributed by atoms with E-state index in [0.717, 1.165) is 0 Å². The van der Waals surface area contributed by atoms with Gasteiger partial charge in [0.05, 0.1) is 0 Å². The lowest BCUT2D eigenvalue weighted by Gasteiger charge is -2.06. The van der Waals surface area contributed by atoms with E-state index < -0.39 is 0 Å². The maximum atomic E-state index is 2.42. The van der Waals surface area contributed by atoms with Crippen molar-refractivity contribution in [2.45, 2.75) is 39.0 Å². The summed E-state index contributed by atoms with van der Waals surface area (Å²) in [4.78, 5) is 0. The van der Waals surface area contributed by atoms with E-state index in [4.69, 9.17) is 0 Å². The third kappa shape index (κ3) is 3.37. The quantitative estimate of drug-likeness (QED) is 0.403. The van der Waals surface area contributed by atoms with Crippen molar-refractivity contribution < 1.29 is 0 Å². The predicted octanol–water partition coefficient (Wildman–Crippen LogP) is 7.75. The summed E-state index contributed by atoms with van der Waals surface area (Å²) in [6.45, 7) is 2.27. The number of hydrogen-bond acceptors (Lipinski definition) is 0. The SMILES string of the molecule is CCCCCCC1=C/C(=C\c2cccc3ccccc23)c2ccccc21. The van der Waals surface area contributed by atoms with Gasteiger partial charge < -0.3 is 0 Å². The highest BCUT2D eigenvalue weighted by Gasteiger charge is 2.17. The highest BCUT2D eigenvalue weighted by molar-refractivity contribution is 6.04. The minimum absolute atomic E-state index is 1.18. The van der Waals surface area contributed by atoms with E-state index in [1.165, 1.54) is 70.7 Å². The largest absolute Gasteiger partial charge is 0.0654 e. The molecule has 0 saturated heterocycles. The highest BCUT2D eigenvalue weighted by Crippen LogP contribution is 2.39. The molecular weight excluding hydrogens is 312 g/mol. The zero-order chi connectivity index (χ0) is 17.8. The molecule has 1 aliphatic rings. The van der Waals surface area contributed by atoms with Crippen LogP contribution < -0.4 is 0 Å². The van der Waals surface area contributed by atoms with Crippen LogP contribution in [0.25, 0.3) is 28.0 Å². The Morgan fingerprint density at radius 2 is 1.50 bits per heavy atom. The van der Waals surface area contributed by atoms with Crippen LogP contribution in [0.2, 0.25) is 0 Å². The zero-order valence-electron chi connectivity index (χ0n) is 15.5. The van der Waals surface area contributed by atoms with Crippen molar-refractivity contribution in [3.05, 3.63) is 89.5 Å². The van der Waals surface area contributed by atoms with Gasteiger partial charge in [-0.05, 0) is 57.5 Å². The minimum atomic E-state index is 1.18. The van der Waals surface area contributed by atoms with Gasteiger partial charge in [0, 0.05) is 0 Å². The van der Waals surface area contributed by atoms with Crippen molar-refractivity contribution in [2.24, 2.45) is 0 Å². The molecule has 0 unspecified atom stereocenters. The van der Waals surface area contributed by atoms with Gasteiger partial charge in [0.25, 0.3) is 0 Å². The molecular formula is C26H26. The number of allylic oxidation sites excluding steroid dienone is 3.